The Morgan fingerprint density at radius 1 is 1.30 bits per heavy atom. The van der Waals surface area contributed by atoms with Gasteiger partial charge in [-0.1, -0.05) is 0 Å². The fraction of sp³-hybridized carbons (Fsp3) is 0.333. The lowest BCUT2D eigenvalue weighted by Gasteiger charge is -2.33. The van der Waals surface area contributed by atoms with Gasteiger partial charge in [0.15, 0.2) is 0 Å². The number of aromatic nitrogens is 3. The first-order chi connectivity index (χ1) is 14.2. The second-order valence-electron chi connectivity index (χ2n) is 7.46. The molecule has 1 aliphatic heterocycles. The number of nitrogens with zero attached hydrogens (tertiary/aromatic N) is 3. The first-order valence-electron chi connectivity index (χ1n) is 9.55. The summed E-state index contributed by atoms with van der Waals surface area (Å²) in [7, 11) is 0. The molecule has 0 radical (unpaired) electrons. The normalized spacial score (nSPS) is 17.3. The average Bonchev–Trinajstić information content (AvgIpc) is 2.72. The van der Waals surface area contributed by atoms with E-state index in [9.17, 15) is 22.8 Å². The molecule has 156 valence electrons. The summed E-state index contributed by atoms with van der Waals surface area (Å²) < 4.78 is 40.2. The van der Waals surface area contributed by atoms with Gasteiger partial charge in [0.1, 0.15) is 0 Å². The summed E-state index contributed by atoms with van der Waals surface area (Å²) in [6.45, 7) is 2.38. The highest BCUT2D eigenvalue weighted by Crippen LogP contribution is 2.34. The molecule has 0 bridgehead atoms. The highest BCUT2D eigenvalue weighted by molar-refractivity contribution is 5.94. The van der Waals surface area contributed by atoms with Crippen molar-refractivity contribution in [3.8, 4) is 0 Å². The molecule has 1 atom stereocenters. The number of likely N-dealkylation sites (tertiary alicyclic amines) is 1. The van der Waals surface area contributed by atoms with E-state index in [0.717, 1.165) is 6.07 Å². The van der Waals surface area contributed by atoms with E-state index in [-0.39, 0.29) is 23.0 Å². The minimum atomic E-state index is -4.65. The Bertz CT molecular complexity index is 1160. The number of nitrogens with one attached hydrogen (secondary N) is 1. The van der Waals surface area contributed by atoms with Gasteiger partial charge in [-0.3, -0.25) is 19.6 Å². The van der Waals surface area contributed by atoms with Gasteiger partial charge in [0.25, 0.3) is 11.5 Å². The zero-order valence-electron chi connectivity index (χ0n) is 16.2. The second kappa shape index (κ2) is 7.55. The Hall–Kier alpha value is -3.23. The lowest BCUT2D eigenvalue weighted by Crippen LogP contribution is -2.39. The van der Waals surface area contributed by atoms with Crippen LogP contribution in [0.5, 0.6) is 0 Å². The number of aryl methyl sites for hydroxylation is 1. The molecule has 1 aliphatic rings. The Morgan fingerprint density at radius 2 is 2.10 bits per heavy atom. The SMILES string of the molecule is Cc1cc(C(F)(F)F)c2c(=O)[nH]c([C@@H]3CCCN(C(=O)c4cccnc4)C3)cc2n1. The van der Waals surface area contributed by atoms with Crippen molar-refractivity contribution in [3.63, 3.8) is 0 Å². The zero-order chi connectivity index (χ0) is 21.5. The molecule has 1 saturated heterocycles. The van der Waals surface area contributed by atoms with Crippen LogP contribution in [0.15, 0.2) is 41.5 Å². The fourth-order valence-electron chi connectivity index (χ4n) is 3.95. The number of alkyl halides is 3. The first-order valence-corrected chi connectivity index (χ1v) is 9.55. The van der Waals surface area contributed by atoms with E-state index >= 15 is 0 Å². The lowest BCUT2D eigenvalue weighted by atomic mass is 9.93. The lowest BCUT2D eigenvalue weighted by molar-refractivity contribution is -0.136. The number of H-pyrrole nitrogens is 1. The summed E-state index contributed by atoms with van der Waals surface area (Å²) in [5.74, 6) is -0.364. The molecule has 1 fully saturated rings. The molecule has 0 aromatic carbocycles. The third kappa shape index (κ3) is 3.79. The number of pyridine rings is 3. The molecule has 0 spiro atoms. The summed E-state index contributed by atoms with van der Waals surface area (Å²) in [6.07, 6.45) is -0.157. The van der Waals surface area contributed by atoms with Crippen molar-refractivity contribution < 1.29 is 18.0 Å². The Labute approximate surface area is 169 Å². The first kappa shape index (κ1) is 20.1. The molecule has 0 aliphatic carbocycles. The monoisotopic (exact) mass is 416 g/mol. The minimum absolute atomic E-state index is 0.0109. The second-order valence-corrected chi connectivity index (χ2v) is 7.46. The number of carbonyl (C=O) groups is 1. The minimum Gasteiger partial charge on any atom is -0.338 e. The van der Waals surface area contributed by atoms with Gasteiger partial charge in [-0.25, -0.2) is 0 Å². The molecule has 4 heterocycles. The van der Waals surface area contributed by atoms with Crippen LogP contribution in [-0.2, 0) is 6.18 Å². The number of piperidine rings is 1. The molecule has 0 saturated carbocycles. The van der Waals surface area contributed by atoms with Crippen LogP contribution in [0, 0.1) is 6.92 Å². The standard InChI is InChI=1S/C21H19F3N4O2/c1-12-8-15(21(22,23)24)18-17(26-12)9-16(27-19(18)29)14-5-3-7-28(11-14)20(30)13-4-2-6-25-10-13/h2,4,6,8-10,14H,3,5,7,11H2,1H3,(H,27,29)/t14-/m1/s1. The Kier molecular flexibility index (Phi) is 5.05. The van der Waals surface area contributed by atoms with E-state index < -0.39 is 22.7 Å². The van der Waals surface area contributed by atoms with Gasteiger partial charge in [0, 0.05) is 42.8 Å². The molecule has 30 heavy (non-hydrogen) atoms. The maximum atomic E-state index is 13.4. The van der Waals surface area contributed by atoms with Gasteiger partial charge in [-0.15, -0.1) is 0 Å². The average molecular weight is 416 g/mol. The van der Waals surface area contributed by atoms with Crippen LogP contribution in [0.3, 0.4) is 0 Å². The number of halogens is 3. The highest BCUT2D eigenvalue weighted by atomic mass is 19.4. The van der Waals surface area contributed by atoms with Gasteiger partial charge in [-0.05, 0) is 44.0 Å². The fourth-order valence-corrected chi connectivity index (χ4v) is 3.95. The van der Waals surface area contributed by atoms with Crippen molar-refractivity contribution in [2.75, 3.05) is 13.1 Å². The molecule has 1 amide bonds. The van der Waals surface area contributed by atoms with Gasteiger partial charge >= 0.3 is 6.18 Å². The largest absolute Gasteiger partial charge is 0.417 e. The maximum absolute atomic E-state index is 13.4. The molecule has 4 rings (SSSR count). The van der Waals surface area contributed by atoms with Crippen LogP contribution >= 0.6 is 0 Å². The van der Waals surface area contributed by atoms with Crippen LogP contribution < -0.4 is 5.56 Å². The molecule has 9 heteroatoms. The number of carbonyl (C=O) groups excluding carboxylic acids is 1. The highest BCUT2D eigenvalue weighted by Gasteiger charge is 2.35. The number of rotatable bonds is 2. The van der Waals surface area contributed by atoms with E-state index in [1.165, 1.54) is 19.2 Å². The summed E-state index contributed by atoms with van der Waals surface area (Å²) in [4.78, 5) is 37.7. The quantitative estimate of drug-likeness (QED) is 0.692. The number of aromatic amines is 1. The van der Waals surface area contributed by atoms with Gasteiger partial charge < -0.3 is 9.88 Å². The summed E-state index contributed by atoms with van der Waals surface area (Å²) in [6, 6.07) is 5.75. The van der Waals surface area contributed by atoms with Gasteiger partial charge in [0.05, 0.1) is 22.0 Å². The number of fused-ring (bicyclic) bond motifs is 1. The molecule has 0 unspecified atom stereocenters. The van der Waals surface area contributed by atoms with E-state index in [0.29, 0.717) is 37.2 Å². The number of amides is 1. The van der Waals surface area contributed by atoms with Crippen LogP contribution in [0.4, 0.5) is 13.2 Å². The van der Waals surface area contributed by atoms with E-state index in [1.807, 2.05) is 0 Å². The maximum Gasteiger partial charge on any atom is 0.417 e. The predicted molar refractivity (Wildman–Crippen MR) is 104 cm³/mol. The predicted octanol–water partition coefficient (Wildman–Crippen LogP) is 3.67. The number of hydrogen-bond donors (Lipinski definition) is 1. The molecule has 1 N–H and O–H groups in total. The van der Waals surface area contributed by atoms with Gasteiger partial charge in [-0.2, -0.15) is 13.2 Å². The zero-order valence-corrected chi connectivity index (χ0v) is 16.2. The van der Waals surface area contributed by atoms with Crippen molar-refractivity contribution >= 4 is 16.8 Å². The van der Waals surface area contributed by atoms with Crippen LogP contribution in [0.25, 0.3) is 10.9 Å². The molecule has 3 aromatic heterocycles. The third-order valence-corrected chi connectivity index (χ3v) is 5.31. The molecule has 3 aromatic rings. The van der Waals surface area contributed by atoms with E-state index in [1.54, 1.807) is 23.2 Å². The van der Waals surface area contributed by atoms with Crippen molar-refractivity contribution in [1.29, 1.82) is 0 Å². The van der Waals surface area contributed by atoms with E-state index in [2.05, 4.69) is 15.0 Å². The summed E-state index contributed by atoms with van der Waals surface area (Å²) in [5, 5.41) is -0.462. The Morgan fingerprint density at radius 3 is 2.80 bits per heavy atom. The van der Waals surface area contributed by atoms with Gasteiger partial charge in [0.2, 0.25) is 0 Å². The molecular weight excluding hydrogens is 397 g/mol. The topological polar surface area (TPSA) is 79.0 Å². The number of hydrogen-bond acceptors (Lipinski definition) is 4. The smallest absolute Gasteiger partial charge is 0.338 e. The molecular formula is C21H19F3N4O2. The van der Waals surface area contributed by atoms with Crippen molar-refractivity contribution in [2.24, 2.45) is 0 Å². The Balaban J connectivity index is 1.69. The molecule has 6 nitrogen and oxygen atoms in total. The summed E-state index contributed by atoms with van der Waals surface area (Å²) in [5.41, 5.74) is -0.660. The van der Waals surface area contributed by atoms with Crippen molar-refractivity contribution in [3.05, 3.63) is 69.5 Å². The van der Waals surface area contributed by atoms with E-state index in [4.69, 9.17) is 0 Å². The van der Waals surface area contributed by atoms with Crippen LogP contribution in [0.1, 0.15) is 46.1 Å². The summed E-state index contributed by atoms with van der Waals surface area (Å²) >= 11 is 0. The van der Waals surface area contributed by atoms with Crippen molar-refractivity contribution in [2.45, 2.75) is 31.9 Å². The third-order valence-electron chi connectivity index (χ3n) is 5.31. The van der Waals surface area contributed by atoms with Crippen LogP contribution in [0.2, 0.25) is 0 Å². The van der Waals surface area contributed by atoms with Crippen molar-refractivity contribution in [1.82, 2.24) is 19.9 Å². The van der Waals surface area contributed by atoms with Crippen LogP contribution in [-0.4, -0.2) is 38.8 Å².